The van der Waals surface area contributed by atoms with Gasteiger partial charge in [-0.3, -0.25) is 0 Å². The van der Waals surface area contributed by atoms with Crippen LogP contribution in [0.5, 0.6) is 5.75 Å². The third-order valence-corrected chi connectivity index (χ3v) is 3.25. The summed E-state index contributed by atoms with van der Waals surface area (Å²) in [6.45, 7) is 0. The fraction of sp³-hybridized carbons (Fsp3) is 0.400. The number of halogens is 3. The van der Waals surface area contributed by atoms with E-state index in [-0.39, 0.29) is 10.2 Å². The Bertz CT molecular complexity index is 416. The van der Waals surface area contributed by atoms with Crippen molar-refractivity contribution in [3.63, 3.8) is 0 Å². The van der Waals surface area contributed by atoms with Gasteiger partial charge in [0.1, 0.15) is 5.75 Å². The molecule has 1 aliphatic rings. The molecule has 0 atom stereocenters. The summed E-state index contributed by atoms with van der Waals surface area (Å²) in [6.07, 6.45) is 1.09. The molecule has 1 aromatic rings. The molecule has 1 aliphatic carbocycles. The predicted octanol–water partition coefficient (Wildman–Crippen LogP) is 2.72. The van der Waals surface area contributed by atoms with Crippen molar-refractivity contribution in [3.05, 3.63) is 27.7 Å². The molecule has 0 unspecified atom stereocenters. The van der Waals surface area contributed by atoms with E-state index in [1.54, 1.807) is 0 Å². The van der Waals surface area contributed by atoms with E-state index in [1.165, 1.54) is 7.11 Å². The lowest BCUT2D eigenvalue weighted by Crippen LogP contribution is -2.09. The second kappa shape index (κ2) is 3.42. The average molecular weight is 279 g/mol. The van der Waals surface area contributed by atoms with Crippen LogP contribution < -0.4 is 4.74 Å². The van der Waals surface area contributed by atoms with Crippen LogP contribution in [-0.2, 0) is 5.60 Å². The highest BCUT2D eigenvalue weighted by Gasteiger charge is 2.45. The van der Waals surface area contributed by atoms with Gasteiger partial charge >= 0.3 is 0 Å². The number of methoxy groups -OCH3 is 1. The Morgan fingerprint density at radius 1 is 1.47 bits per heavy atom. The van der Waals surface area contributed by atoms with E-state index in [0.29, 0.717) is 18.4 Å². The van der Waals surface area contributed by atoms with Crippen LogP contribution >= 0.6 is 15.9 Å². The van der Waals surface area contributed by atoms with Gasteiger partial charge in [0.15, 0.2) is 11.6 Å². The maximum atomic E-state index is 13.2. The van der Waals surface area contributed by atoms with Crippen molar-refractivity contribution in [3.8, 4) is 5.75 Å². The number of rotatable bonds is 2. The molecule has 0 heterocycles. The highest BCUT2D eigenvalue weighted by atomic mass is 79.9. The van der Waals surface area contributed by atoms with Gasteiger partial charge in [-0.05, 0) is 34.8 Å². The van der Waals surface area contributed by atoms with Gasteiger partial charge in [0, 0.05) is 5.56 Å². The summed E-state index contributed by atoms with van der Waals surface area (Å²) in [6, 6.07) is 0.992. The smallest absolute Gasteiger partial charge is 0.176 e. The summed E-state index contributed by atoms with van der Waals surface area (Å²) in [5, 5.41) is 9.86. The molecule has 0 bridgehead atoms. The summed E-state index contributed by atoms with van der Waals surface area (Å²) >= 11 is 2.91. The molecule has 0 radical (unpaired) electrons. The standard InChI is InChI=1S/C10H9BrF2O2/c1-15-9-5(10(14)2-3-10)4-6(12)8(13)7(9)11/h4,14H,2-3H2,1H3. The molecule has 1 saturated carbocycles. The molecule has 1 N–H and O–H groups in total. The first kappa shape index (κ1) is 10.8. The van der Waals surface area contributed by atoms with Gasteiger partial charge in [-0.1, -0.05) is 0 Å². The Labute approximate surface area is 94.0 Å². The molecule has 5 heteroatoms. The van der Waals surface area contributed by atoms with Crippen LogP contribution in [0.3, 0.4) is 0 Å². The SMILES string of the molecule is COc1c(C2(O)CC2)cc(F)c(F)c1Br. The maximum absolute atomic E-state index is 13.2. The van der Waals surface area contributed by atoms with Gasteiger partial charge in [-0.15, -0.1) is 0 Å². The van der Waals surface area contributed by atoms with Crippen LogP contribution in [0.15, 0.2) is 10.5 Å². The summed E-state index contributed by atoms with van der Waals surface area (Å²) < 4.78 is 31.2. The quantitative estimate of drug-likeness (QED) is 0.843. The van der Waals surface area contributed by atoms with Crippen molar-refractivity contribution in [2.75, 3.05) is 7.11 Å². The Morgan fingerprint density at radius 2 is 2.07 bits per heavy atom. The largest absolute Gasteiger partial charge is 0.495 e. The van der Waals surface area contributed by atoms with E-state index in [4.69, 9.17) is 4.74 Å². The van der Waals surface area contributed by atoms with Crippen molar-refractivity contribution in [1.82, 2.24) is 0 Å². The van der Waals surface area contributed by atoms with E-state index in [0.717, 1.165) is 6.07 Å². The zero-order chi connectivity index (χ0) is 11.2. The molecular formula is C10H9BrF2O2. The van der Waals surface area contributed by atoms with Gasteiger partial charge in [0.2, 0.25) is 0 Å². The van der Waals surface area contributed by atoms with Gasteiger partial charge in [0.25, 0.3) is 0 Å². The Hall–Kier alpha value is -0.680. The summed E-state index contributed by atoms with van der Waals surface area (Å²) in [5.41, 5.74) is -0.752. The van der Waals surface area contributed by atoms with Crippen LogP contribution in [0.4, 0.5) is 8.78 Å². The molecule has 1 fully saturated rings. The zero-order valence-corrected chi connectivity index (χ0v) is 9.57. The van der Waals surface area contributed by atoms with Crippen molar-refractivity contribution >= 4 is 15.9 Å². The van der Waals surface area contributed by atoms with Gasteiger partial charge in [-0.2, -0.15) is 0 Å². The van der Waals surface area contributed by atoms with Crippen molar-refractivity contribution in [2.24, 2.45) is 0 Å². The minimum Gasteiger partial charge on any atom is -0.495 e. The molecule has 2 nitrogen and oxygen atoms in total. The molecule has 0 amide bonds. The lowest BCUT2D eigenvalue weighted by atomic mass is 10.1. The van der Waals surface area contributed by atoms with E-state index in [2.05, 4.69) is 15.9 Å². The van der Waals surface area contributed by atoms with Crippen molar-refractivity contribution in [2.45, 2.75) is 18.4 Å². The van der Waals surface area contributed by atoms with E-state index < -0.39 is 17.2 Å². The lowest BCUT2D eigenvalue weighted by molar-refractivity contribution is 0.146. The van der Waals surface area contributed by atoms with Crippen LogP contribution in [0.1, 0.15) is 18.4 Å². The third-order valence-electron chi connectivity index (χ3n) is 2.55. The van der Waals surface area contributed by atoms with Gasteiger partial charge in [0.05, 0.1) is 17.2 Å². The van der Waals surface area contributed by atoms with Crippen LogP contribution in [0.2, 0.25) is 0 Å². The maximum Gasteiger partial charge on any atom is 0.176 e. The molecule has 2 rings (SSSR count). The van der Waals surface area contributed by atoms with E-state index in [9.17, 15) is 13.9 Å². The molecule has 0 spiro atoms. The van der Waals surface area contributed by atoms with Crippen LogP contribution in [0, 0.1) is 11.6 Å². The molecule has 0 aliphatic heterocycles. The van der Waals surface area contributed by atoms with Crippen LogP contribution in [0.25, 0.3) is 0 Å². The minimum atomic E-state index is -1.05. The fourth-order valence-electron chi connectivity index (χ4n) is 1.51. The number of aliphatic hydroxyl groups is 1. The van der Waals surface area contributed by atoms with Crippen molar-refractivity contribution in [1.29, 1.82) is 0 Å². The highest BCUT2D eigenvalue weighted by molar-refractivity contribution is 9.10. The topological polar surface area (TPSA) is 29.5 Å². The molecule has 15 heavy (non-hydrogen) atoms. The molecule has 1 aromatic carbocycles. The monoisotopic (exact) mass is 278 g/mol. The van der Waals surface area contributed by atoms with E-state index in [1.807, 2.05) is 0 Å². The minimum absolute atomic E-state index is 0.0830. The Morgan fingerprint density at radius 3 is 2.53 bits per heavy atom. The van der Waals surface area contributed by atoms with Gasteiger partial charge in [-0.25, -0.2) is 8.78 Å². The fourth-order valence-corrected chi connectivity index (χ4v) is 2.08. The Kier molecular flexibility index (Phi) is 2.47. The first-order valence-electron chi connectivity index (χ1n) is 4.44. The molecule has 82 valence electrons. The van der Waals surface area contributed by atoms with Crippen LogP contribution in [-0.4, -0.2) is 12.2 Å². The zero-order valence-electron chi connectivity index (χ0n) is 7.98. The molecule has 0 aromatic heterocycles. The van der Waals surface area contributed by atoms with Crippen molar-refractivity contribution < 1.29 is 18.6 Å². The first-order chi connectivity index (χ1) is 6.99. The third kappa shape index (κ3) is 1.63. The van der Waals surface area contributed by atoms with E-state index >= 15 is 0 Å². The second-order valence-electron chi connectivity index (χ2n) is 3.60. The summed E-state index contributed by atoms with van der Waals surface area (Å²) in [5.74, 6) is -1.83. The number of benzene rings is 1. The normalized spacial score (nSPS) is 17.7. The average Bonchev–Trinajstić information content (AvgIpc) is 2.94. The Balaban J connectivity index is 2.63. The number of hydrogen-bond acceptors (Lipinski definition) is 2. The van der Waals surface area contributed by atoms with Gasteiger partial charge < -0.3 is 9.84 Å². The second-order valence-corrected chi connectivity index (χ2v) is 4.39. The number of ether oxygens (including phenoxy) is 1. The molecule has 0 saturated heterocycles. The summed E-state index contributed by atoms with van der Waals surface area (Å²) in [4.78, 5) is 0. The highest BCUT2D eigenvalue weighted by Crippen LogP contribution is 2.51. The lowest BCUT2D eigenvalue weighted by Gasteiger charge is -2.15. The summed E-state index contributed by atoms with van der Waals surface area (Å²) in [7, 11) is 1.35. The predicted molar refractivity (Wildman–Crippen MR) is 53.7 cm³/mol. The molecular weight excluding hydrogens is 270 g/mol. The first-order valence-corrected chi connectivity index (χ1v) is 5.23. The number of hydrogen-bond donors (Lipinski definition) is 1.